The van der Waals surface area contributed by atoms with Crippen LogP contribution in [0.15, 0.2) is 18.2 Å². The van der Waals surface area contributed by atoms with E-state index in [1.165, 1.54) is 0 Å². The molecule has 6 heteroatoms. The van der Waals surface area contributed by atoms with Crippen molar-refractivity contribution in [3.8, 4) is 11.5 Å². The molecule has 2 N–H and O–H groups in total. The number of carboxylic acid groups (broad SMARTS) is 1. The molecule has 0 aromatic heterocycles. The fourth-order valence-corrected chi connectivity index (χ4v) is 2.52. The molecule has 6 nitrogen and oxygen atoms in total. The van der Waals surface area contributed by atoms with Crippen molar-refractivity contribution in [3.05, 3.63) is 23.8 Å². The quantitative estimate of drug-likeness (QED) is 0.828. The second-order valence-electron chi connectivity index (χ2n) is 4.86. The van der Waals surface area contributed by atoms with E-state index < -0.39 is 18.1 Å². The molecule has 1 aromatic carbocycles. The molecule has 0 bridgehead atoms. The Labute approximate surface area is 117 Å². The van der Waals surface area contributed by atoms with Gasteiger partial charge in [0, 0.05) is 19.5 Å². The van der Waals surface area contributed by atoms with Gasteiger partial charge in [0.05, 0.1) is 20.3 Å². The van der Waals surface area contributed by atoms with Crippen LogP contribution in [0.3, 0.4) is 0 Å². The minimum absolute atomic E-state index is 0.266. The van der Waals surface area contributed by atoms with Gasteiger partial charge in [0.2, 0.25) is 0 Å². The van der Waals surface area contributed by atoms with E-state index in [2.05, 4.69) is 0 Å². The van der Waals surface area contributed by atoms with Crippen LogP contribution in [0.2, 0.25) is 0 Å². The molecule has 110 valence electrons. The molecule has 1 aliphatic rings. The van der Waals surface area contributed by atoms with Gasteiger partial charge >= 0.3 is 5.97 Å². The van der Waals surface area contributed by atoms with Crippen LogP contribution in [0.1, 0.15) is 12.0 Å². The molecule has 2 atom stereocenters. The number of hydrogen-bond donors (Lipinski definition) is 2. The van der Waals surface area contributed by atoms with E-state index in [0.29, 0.717) is 24.6 Å². The Morgan fingerprint density at radius 1 is 1.35 bits per heavy atom. The first-order valence-electron chi connectivity index (χ1n) is 6.41. The molecule has 0 radical (unpaired) electrons. The Bertz CT molecular complexity index is 490. The lowest BCUT2D eigenvalue weighted by molar-refractivity contribution is -0.142. The van der Waals surface area contributed by atoms with Crippen molar-refractivity contribution >= 4 is 5.97 Å². The van der Waals surface area contributed by atoms with Crippen LogP contribution in [-0.4, -0.2) is 54.0 Å². The predicted octanol–water partition coefficient (Wildman–Crippen LogP) is 0.724. The van der Waals surface area contributed by atoms with E-state index in [4.69, 9.17) is 14.6 Å². The Balaban J connectivity index is 2.15. The summed E-state index contributed by atoms with van der Waals surface area (Å²) < 4.78 is 10.4. The Morgan fingerprint density at radius 3 is 2.65 bits per heavy atom. The first-order chi connectivity index (χ1) is 9.55. The number of hydrogen-bond acceptors (Lipinski definition) is 5. The molecule has 2 unspecified atom stereocenters. The molecular weight excluding hydrogens is 262 g/mol. The van der Waals surface area contributed by atoms with Gasteiger partial charge in [-0.1, -0.05) is 6.07 Å². The summed E-state index contributed by atoms with van der Waals surface area (Å²) in [5.41, 5.74) is 0.919. The molecule has 1 fully saturated rings. The third-order valence-electron chi connectivity index (χ3n) is 3.50. The second kappa shape index (κ2) is 6.11. The SMILES string of the molecule is COc1ccc(CN2CC(O)CC2C(=O)O)cc1OC. The zero-order valence-electron chi connectivity index (χ0n) is 11.6. The van der Waals surface area contributed by atoms with Gasteiger partial charge in [-0.2, -0.15) is 0 Å². The first kappa shape index (κ1) is 14.6. The summed E-state index contributed by atoms with van der Waals surface area (Å²) in [4.78, 5) is 12.9. The van der Waals surface area contributed by atoms with Gasteiger partial charge in [0.25, 0.3) is 0 Å². The number of nitrogens with zero attached hydrogens (tertiary/aromatic N) is 1. The summed E-state index contributed by atoms with van der Waals surface area (Å²) >= 11 is 0. The van der Waals surface area contributed by atoms with Crippen LogP contribution in [-0.2, 0) is 11.3 Å². The number of β-amino-alcohol motifs (C(OH)–C–C–N with tert-alkyl or cyclic N) is 1. The van der Waals surface area contributed by atoms with Crippen molar-refractivity contribution in [1.29, 1.82) is 0 Å². The van der Waals surface area contributed by atoms with Crippen LogP contribution < -0.4 is 9.47 Å². The third-order valence-corrected chi connectivity index (χ3v) is 3.50. The number of rotatable bonds is 5. The summed E-state index contributed by atoms with van der Waals surface area (Å²) in [6, 6.07) is 4.84. The van der Waals surface area contributed by atoms with Gasteiger partial charge in [-0.3, -0.25) is 9.69 Å². The third kappa shape index (κ3) is 3.02. The van der Waals surface area contributed by atoms with Crippen molar-refractivity contribution in [2.45, 2.75) is 25.1 Å². The van der Waals surface area contributed by atoms with Gasteiger partial charge in [-0.15, -0.1) is 0 Å². The van der Waals surface area contributed by atoms with Crippen LogP contribution in [0, 0.1) is 0 Å². The average molecular weight is 281 g/mol. The first-order valence-corrected chi connectivity index (χ1v) is 6.41. The van der Waals surface area contributed by atoms with Crippen molar-refractivity contribution in [1.82, 2.24) is 4.90 Å². The number of methoxy groups -OCH3 is 2. The lowest BCUT2D eigenvalue weighted by atomic mass is 10.1. The molecule has 20 heavy (non-hydrogen) atoms. The molecule has 0 amide bonds. The topological polar surface area (TPSA) is 79.2 Å². The largest absolute Gasteiger partial charge is 0.493 e. The van der Waals surface area contributed by atoms with E-state index in [1.807, 2.05) is 12.1 Å². The van der Waals surface area contributed by atoms with Gasteiger partial charge in [0.15, 0.2) is 11.5 Å². The zero-order valence-corrected chi connectivity index (χ0v) is 11.6. The van der Waals surface area contributed by atoms with E-state index in [-0.39, 0.29) is 6.42 Å². The van der Waals surface area contributed by atoms with Crippen LogP contribution in [0.5, 0.6) is 11.5 Å². The maximum absolute atomic E-state index is 11.2. The molecule has 1 heterocycles. The standard InChI is InChI=1S/C14H19NO5/c1-19-12-4-3-9(5-13(12)20-2)7-15-8-10(16)6-11(15)14(17)18/h3-5,10-11,16H,6-8H2,1-2H3,(H,17,18). The summed E-state index contributed by atoms with van der Waals surface area (Å²) in [5.74, 6) is 0.339. The molecular formula is C14H19NO5. The summed E-state index contributed by atoms with van der Waals surface area (Å²) in [5, 5.41) is 18.8. The van der Waals surface area contributed by atoms with Gasteiger partial charge in [0.1, 0.15) is 6.04 Å². The Hall–Kier alpha value is -1.79. The number of aliphatic hydroxyl groups excluding tert-OH is 1. The van der Waals surface area contributed by atoms with Crippen molar-refractivity contribution in [3.63, 3.8) is 0 Å². The molecule has 0 aliphatic carbocycles. The monoisotopic (exact) mass is 281 g/mol. The fraction of sp³-hybridized carbons (Fsp3) is 0.500. The molecule has 1 aliphatic heterocycles. The van der Waals surface area contributed by atoms with E-state index in [0.717, 1.165) is 5.56 Å². The number of ether oxygens (including phenoxy) is 2. The number of aliphatic carboxylic acids is 1. The lowest BCUT2D eigenvalue weighted by Crippen LogP contribution is -2.35. The van der Waals surface area contributed by atoms with E-state index in [9.17, 15) is 9.90 Å². The number of carbonyl (C=O) groups is 1. The number of aliphatic hydroxyl groups is 1. The maximum Gasteiger partial charge on any atom is 0.321 e. The Kier molecular flexibility index (Phi) is 4.46. The lowest BCUT2D eigenvalue weighted by Gasteiger charge is -2.21. The summed E-state index contributed by atoms with van der Waals surface area (Å²) in [7, 11) is 3.12. The van der Waals surface area contributed by atoms with Crippen LogP contribution in [0.4, 0.5) is 0 Å². The summed E-state index contributed by atoms with van der Waals surface area (Å²) in [6.07, 6.45) is -0.320. The number of carboxylic acids is 1. The predicted molar refractivity (Wildman–Crippen MR) is 72.0 cm³/mol. The van der Waals surface area contributed by atoms with Gasteiger partial charge in [-0.05, 0) is 17.7 Å². The fourth-order valence-electron chi connectivity index (χ4n) is 2.52. The smallest absolute Gasteiger partial charge is 0.321 e. The highest BCUT2D eigenvalue weighted by atomic mass is 16.5. The number of likely N-dealkylation sites (tertiary alicyclic amines) is 1. The molecule has 2 rings (SSSR count). The van der Waals surface area contributed by atoms with E-state index >= 15 is 0 Å². The van der Waals surface area contributed by atoms with Crippen LogP contribution in [0.25, 0.3) is 0 Å². The van der Waals surface area contributed by atoms with Crippen molar-refractivity contribution in [2.75, 3.05) is 20.8 Å². The molecule has 1 aromatic rings. The maximum atomic E-state index is 11.2. The minimum Gasteiger partial charge on any atom is -0.493 e. The van der Waals surface area contributed by atoms with Crippen molar-refractivity contribution < 1.29 is 24.5 Å². The average Bonchev–Trinajstić information content (AvgIpc) is 2.79. The summed E-state index contributed by atoms with van der Waals surface area (Å²) in [6.45, 7) is 0.819. The highest BCUT2D eigenvalue weighted by Crippen LogP contribution is 2.29. The Morgan fingerprint density at radius 2 is 2.05 bits per heavy atom. The highest BCUT2D eigenvalue weighted by molar-refractivity contribution is 5.74. The van der Waals surface area contributed by atoms with Gasteiger partial charge in [-0.25, -0.2) is 0 Å². The number of benzene rings is 1. The zero-order chi connectivity index (χ0) is 14.7. The normalized spacial score (nSPS) is 22.8. The molecule has 0 spiro atoms. The highest BCUT2D eigenvalue weighted by Gasteiger charge is 2.35. The van der Waals surface area contributed by atoms with Gasteiger partial charge < -0.3 is 19.7 Å². The molecule has 1 saturated heterocycles. The minimum atomic E-state index is -0.901. The van der Waals surface area contributed by atoms with E-state index in [1.54, 1.807) is 25.2 Å². The van der Waals surface area contributed by atoms with Crippen LogP contribution >= 0.6 is 0 Å². The van der Waals surface area contributed by atoms with Crippen molar-refractivity contribution in [2.24, 2.45) is 0 Å². The second-order valence-corrected chi connectivity index (χ2v) is 4.86. The molecule has 0 saturated carbocycles.